The van der Waals surface area contributed by atoms with Gasteiger partial charge in [-0.05, 0) is 25.3 Å². The molecular formula is C18H26N2O. The Balaban J connectivity index is 2.87. The maximum Gasteiger partial charge on any atom is 0.243 e. The molecule has 21 heavy (non-hydrogen) atoms. The van der Waals surface area contributed by atoms with Crippen molar-refractivity contribution in [2.24, 2.45) is 5.41 Å². The molecule has 0 aliphatic rings. The van der Waals surface area contributed by atoms with Crippen LogP contribution < -0.4 is 0 Å². The molecule has 0 atom stereocenters. The third kappa shape index (κ3) is 4.32. The van der Waals surface area contributed by atoms with E-state index >= 15 is 0 Å². The number of carbonyl (C=O) groups excluding carboxylic acids is 1. The van der Waals surface area contributed by atoms with Crippen molar-refractivity contribution in [2.45, 2.75) is 53.0 Å². The number of amides is 1. The minimum atomic E-state index is -0.858. The fraction of sp³-hybridized carbons (Fsp3) is 0.556. The van der Waals surface area contributed by atoms with Gasteiger partial charge in [-0.3, -0.25) is 4.79 Å². The van der Waals surface area contributed by atoms with Crippen molar-refractivity contribution in [1.82, 2.24) is 4.90 Å². The smallest absolute Gasteiger partial charge is 0.243 e. The van der Waals surface area contributed by atoms with Crippen LogP contribution in [-0.4, -0.2) is 17.9 Å². The molecule has 3 nitrogen and oxygen atoms in total. The molecule has 0 radical (unpaired) electrons. The van der Waals surface area contributed by atoms with Crippen LogP contribution >= 0.6 is 0 Å². The largest absolute Gasteiger partial charge is 0.340 e. The summed E-state index contributed by atoms with van der Waals surface area (Å²) in [6.07, 6.45) is 2.96. The highest BCUT2D eigenvalue weighted by molar-refractivity contribution is 5.85. The third-order valence-electron chi connectivity index (χ3n) is 3.86. The summed E-state index contributed by atoms with van der Waals surface area (Å²) in [5.41, 5.74) is 1.44. The Hall–Kier alpha value is -1.82. The zero-order valence-electron chi connectivity index (χ0n) is 13.6. The number of nitrogens with zero attached hydrogens (tertiary/aromatic N) is 2. The number of aryl methyl sites for hydroxylation is 1. The van der Waals surface area contributed by atoms with Gasteiger partial charge in [0.25, 0.3) is 0 Å². The predicted octanol–water partition coefficient (Wildman–Crippen LogP) is 4.06. The van der Waals surface area contributed by atoms with Gasteiger partial charge in [-0.2, -0.15) is 5.26 Å². The van der Waals surface area contributed by atoms with E-state index in [1.165, 1.54) is 5.56 Å². The lowest BCUT2D eigenvalue weighted by Crippen LogP contribution is -2.41. The topological polar surface area (TPSA) is 44.1 Å². The number of benzene rings is 1. The molecule has 0 N–H and O–H groups in total. The second-order valence-corrected chi connectivity index (χ2v) is 5.84. The molecule has 0 saturated carbocycles. The maximum atomic E-state index is 12.8. The summed E-state index contributed by atoms with van der Waals surface area (Å²) in [7, 11) is 1.79. The molecule has 0 aromatic heterocycles. The van der Waals surface area contributed by atoms with E-state index in [9.17, 15) is 10.1 Å². The molecule has 1 rings (SSSR count). The summed E-state index contributed by atoms with van der Waals surface area (Å²) in [6, 6.07) is 10.5. The van der Waals surface area contributed by atoms with Gasteiger partial charge in [-0.1, -0.05) is 56.5 Å². The lowest BCUT2D eigenvalue weighted by atomic mass is 9.79. The van der Waals surface area contributed by atoms with Crippen molar-refractivity contribution in [3.05, 3.63) is 35.4 Å². The van der Waals surface area contributed by atoms with Crippen LogP contribution in [-0.2, 0) is 11.3 Å². The first-order valence-corrected chi connectivity index (χ1v) is 7.71. The summed E-state index contributed by atoms with van der Waals surface area (Å²) in [6.45, 7) is 6.64. The number of carbonyl (C=O) groups is 1. The summed E-state index contributed by atoms with van der Waals surface area (Å²) >= 11 is 0. The van der Waals surface area contributed by atoms with Gasteiger partial charge in [0.15, 0.2) is 0 Å². The van der Waals surface area contributed by atoms with Crippen LogP contribution in [0.25, 0.3) is 0 Å². The molecule has 0 unspecified atom stereocenters. The van der Waals surface area contributed by atoms with Crippen LogP contribution in [0.4, 0.5) is 0 Å². The quantitative estimate of drug-likeness (QED) is 0.758. The Morgan fingerprint density at radius 3 is 2.14 bits per heavy atom. The zero-order chi connectivity index (χ0) is 15.9. The number of rotatable bonds is 7. The van der Waals surface area contributed by atoms with E-state index in [0.717, 1.165) is 18.4 Å². The van der Waals surface area contributed by atoms with Gasteiger partial charge < -0.3 is 4.90 Å². The molecule has 1 aromatic rings. The Labute approximate surface area is 128 Å². The summed E-state index contributed by atoms with van der Waals surface area (Å²) in [5, 5.41) is 9.56. The molecule has 0 heterocycles. The minimum absolute atomic E-state index is 0.0470. The molecule has 1 aromatic carbocycles. The van der Waals surface area contributed by atoms with E-state index in [2.05, 4.69) is 6.07 Å². The fourth-order valence-electron chi connectivity index (χ4n) is 2.76. The highest BCUT2D eigenvalue weighted by atomic mass is 16.2. The van der Waals surface area contributed by atoms with E-state index in [4.69, 9.17) is 0 Å². The first-order valence-electron chi connectivity index (χ1n) is 7.71. The Kier molecular flexibility index (Phi) is 6.42. The predicted molar refractivity (Wildman–Crippen MR) is 85.5 cm³/mol. The first kappa shape index (κ1) is 17.2. The van der Waals surface area contributed by atoms with Crippen LogP contribution in [0.1, 0.15) is 50.7 Å². The number of nitriles is 1. The van der Waals surface area contributed by atoms with Crippen molar-refractivity contribution in [1.29, 1.82) is 5.26 Å². The lowest BCUT2D eigenvalue weighted by Gasteiger charge is -2.30. The van der Waals surface area contributed by atoms with E-state index < -0.39 is 5.41 Å². The molecule has 0 bridgehead atoms. The van der Waals surface area contributed by atoms with E-state index in [0.29, 0.717) is 19.4 Å². The molecule has 0 fully saturated rings. The Morgan fingerprint density at radius 1 is 1.19 bits per heavy atom. The van der Waals surface area contributed by atoms with E-state index in [1.807, 2.05) is 45.0 Å². The Bertz CT molecular complexity index is 493. The normalized spacial score (nSPS) is 11.0. The molecule has 0 spiro atoms. The second kappa shape index (κ2) is 7.83. The SMILES string of the molecule is CCCC(C#N)(CCC)C(=O)N(C)Cc1ccc(C)cc1. The maximum absolute atomic E-state index is 12.8. The fourth-order valence-corrected chi connectivity index (χ4v) is 2.76. The monoisotopic (exact) mass is 286 g/mol. The van der Waals surface area contributed by atoms with Crippen molar-refractivity contribution in [3.63, 3.8) is 0 Å². The van der Waals surface area contributed by atoms with E-state index in [1.54, 1.807) is 11.9 Å². The molecule has 0 aliphatic carbocycles. The average Bonchev–Trinajstić information content (AvgIpc) is 2.48. The van der Waals surface area contributed by atoms with Crippen LogP contribution in [0.5, 0.6) is 0 Å². The van der Waals surface area contributed by atoms with Crippen LogP contribution in [0.3, 0.4) is 0 Å². The van der Waals surface area contributed by atoms with Crippen LogP contribution in [0, 0.1) is 23.7 Å². The average molecular weight is 286 g/mol. The summed E-state index contributed by atoms with van der Waals surface area (Å²) in [4.78, 5) is 14.4. The summed E-state index contributed by atoms with van der Waals surface area (Å²) in [5.74, 6) is -0.0470. The van der Waals surface area contributed by atoms with Crippen LogP contribution in [0.15, 0.2) is 24.3 Å². The highest BCUT2D eigenvalue weighted by Gasteiger charge is 2.38. The zero-order valence-corrected chi connectivity index (χ0v) is 13.6. The first-order chi connectivity index (χ1) is 9.99. The van der Waals surface area contributed by atoms with Gasteiger partial charge in [0, 0.05) is 13.6 Å². The van der Waals surface area contributed by atoms with Gasteiger partial charge in [0.2, 0.25) is 5.91 Å². The van der Waals surface area contributed by atoms with Gasteiger partial charge in [-0.25, -0.2) is 0 Å². The Morgan fingerprint density at radius 2 is 1.71 bits per heavy atom. The standard InChI is InChI=1S/C18H26N2O/c1-5-11-18(14-19,12-6-2)17(21)20(4)13-16-9-7-15(3)8-10-16/h7-10H,5-6,11-13H2,1-4H3. The highest BCUT2D eigenvalue weighted by Crippen LogP contribution is 2.31. The molecular weight excluding hydrogens is 260 g/mol. The third-order valence-corrected chi connectivity index (χ3v) is 3.86. The van der Waals surface area contributed by atoms with Gasteiger partial charge in [-0.15, -0.1) is 0 Å². The molecule has 0 saturated heterocycles. The second-order valence-electron chi connectivity index (χ2n) is 5.84. The molecule has 114 valence electrons. The summed E-state index contributed by atoms with van der Waals surface area (Å²) < 4.78 is 0. The molecule has 0 aliphatic heterocycles. The van der Waals surface area contributed by atoms with Gasteiger partial charge >= 0.3 is 0 Å². The minimum Gasteiger partial charge on any atom is -0.340 e. The van der Waals surface area contributed by atoms with Gasteiger partial charge in [0.05, 0.1) is 6.07 Å². The van der Waals surface area contributed by atoms with Crippen molar-refractivity contribution < 1.29 is 4.79 Å². The van der Waals surface area contributed by atoms with E-state index in [-0.39, 0.29) is 5.91 Å². The number of hydrogen-bond donors (Lipinski definition) is 0. The number of hydrogen-bond acceptors (Lipinski definition) is 2. The van der Waals surface area contributed by atoms with Crippen molar-refractivity contribution in [3.8, 4) is 6.07 Å². The van der Waals surface area contributed by atoms with Crippen molar-refractivity contribution >= 4 is 5.91 Å². The van der Waals surface area contributed by atoms with Crippen molar-refractivity contribution in [2.75, 3.05) is 7.05 Å². The van der Waals surface area contributed by atoms with Gasteiger partial charge in [0.1, 0.15) is 5.41 Å². The van der Waals surface area contributed by atoms with Crippen LogP contribution in [0.2, 0.25) is 0 Å². The molecule has 1 amide bonds. The molecule has 3 heteroatoms. The lowest BCUT2D eigenvalue weighted by molar-refractivity contribution is -0.139.